The van der Waals surface area contributed by atoms with Crippen LogP contribution in [0.15, 0.2) is 60.7 Å². The Kier molecular flexibility index (Phi) is 7.98. The molecule has 2 amide bonds. The Balaban J connectivity index is 2.31. The monoisotopic (exact) mass is 413 g/mol. The number of carbonyl (C=O) groups is 3. The number of ether oxygens (including phenoxy) is 3. The van der Waals surface area contributed by atoms with Gasteiger partial charge in [0, 0.05) is 6.42 Å². The van der Waals surface area contributed by atoms with E-state index in [0.717, 1.165) is 11.1 Å². The van der Waals surface area contributed by atoms with Gasteiger partial charge in [-0.2, -0.15) is 4.90 Å². The van der Waals surface area contributed by atoms with Crippen molar-refractivity contribution in [3.8, 4) is 0 Å². The first-order chi connectivity index (χ1) is 14.2. The van der Waals surface area contributed by atoms with E-state index in [-0.39, 0.29) is 13.0 Å². The Hall–Kier alpha value is -3.35. The molecule has 2 rings (SSSR count). The SMILES string of the molecule is COC(=O)[C@H](Cc1ccccc1)N(C(=O)OCc1ccccc1)C(=O)OC(C)(C)C. The molecule has 7 heteroatoms. The van der Waals surface area contributed by atoms with Gasteiger partial charge in [0.15, 0.2) is 0 Å². The smallest absolute Gasteiger partial charge is 0.420 e. The van der Waals surface area contributed by atoms with E-state index in [4.69, 9.17) is 14.2 Å². The topological polar surface area (TPSA) is 82.1 Å². The van der Waals surface area contributed by atoms with Crippen molar-refractivity contribution < 1.29 is 28.6 Å². The molecule has 1 atom stereocenters. The van der Waals surface area contributed by atoms with E-state index in [2.05, 4.69) is 0 Å². The van der Waals surface area contributed by atoms with Crippen LogP contribution in [0.5, 0.6) is 0 Å². The van der Waals surface area contributed by atoms with Gasteiger partial charge >= 0.3 is 18.2 Å². The van der Waals surface area contributed by atoms with Gasteiger partial charge in [0.05, 0.1) is 7.11 Å². The van der Waals surface area contributed by atoms with Crippen LogP contribution in [-0.4, -0.2) is 41.8 Å². The van der Waals surface area contributed by atoms with E-state index in [1.807, 2.05) is 24.3 Å². The van der Waals surface area contributed by atoms with Gasteiger partial charge in [0.1, 0.15) is 18.2 Å². The Morgan fingerprint density at radius 1 is 0.867 bits per heavy atom. The molecule has 0 unspecified atom stereocenters. The average Bonchev–Trinajstić information content (AvgIpc) is 2.71. The zero-order valence-electron chi connectivity index (χ0n) is 17.7. The average molecular weight is 413 g/mol. The molecule has 0 saturated carbocycles. The molecule has 7 nitrogen and oxygen atoms in total. The predicted molar refractivity (Wildman–Crippen MR) is 111 cm³/mol. The van der Waals surface area contributed by atoms with Crippen LogP contribution in [0.4, 0.5) is 9.59 Å². The number of carbonyl (C=O) groups excluding carboxylic acids is 3. The summed E-state index contributed by atoms with van der Waals surface area (Å²) in [6.45, 7) is 4.95. The van der Waals surface area contributed by atoms with Crippen LogP contribution in [0.25, 0.3) is 0 Å². The molecule has 2 aromatic rings. The summed E-state index contributed by atoms with van der Waals surface area (Å²) >= 11 is 0. The second-order valence-corrected chi connectivity index (χ2v) is 7.62. The third-order valence-electron chi connectivity index (χ3n) is 4.05. The van der Waals surface area contributed by atoms with E-state index in [9.17, 15) is 14.4 Å². The number of nitrogens with zero attached hydrogens (tertiary/aromatic N) is 1. The van der Waals surface area contributed by atoms with Crippen molar-refractivity contribution in [2.45, 2.75) is 45.4 Å². The van der Waals surface area contributed by atoms with Gasteiger partial charge in [-0.1, -0.05) is 60.7 Å². The van der Waals surface area contributed by atoms with Gasteiger partial charge in [-0.15, -0.1) is 0 Å². The first-order valence-electron chi connectivity index (χ1n) is 9.56. The Labute approximate surface area is 176 Å². The fraction of sp³-hybridized carbons (Fsp3) is 0.348. The number of esters is 1. The number of hydrogen-bond acceptors (Lipinski definition) is 6. The number of benzene rings is 2. The molecule has 0 saturated heterocycles. The van der Waals surface area contributed by atoms with Crippen LogP contribution in [0, 0.1) is 0 Å². The third kappa shape index (κ3) is 6.92. The van der Waals surface area contributed by atoms with Crippen LogP contribution in [0.2, 0.25) is 0 Å². The van der Waals surface area contributed by atoms with Crippen LogP contribution in [0.1, 0.15) is 31.9 Å². The predicted octanol–water partition coefficient (Wildman–Crippen LogP) is 4.34. The first kappa shape index (κ1) is 22.9. The summed E-state index contributed by atoms with van der Waals surface area (Å²) in [6, 6.07) is 16.8. The molecule has 160 valence electrons. The second-order valence-electron chi connectivity index (χ2n) is 7.62. The number of methoxy groups -OCH3 is 1. The fourth-order valence-electron chi connectivity index (χ4n) is 2.68. The van der Waals surface area contributed by atoms with Gasteiger partial charge in [0.25, 0.3) is 0 Å². The fourth-order valence-corrected chi connectivity index (χ4v) is 2.68. The van der Waals surface area contributed by atoms with Crippen molar-refractivity contribution >= 4 is 18.2 Å². The first-order valence-corrected chi connectivity index (χ1v) is 9.56. The molecule has 0 aliphatic rings. The molecule has 0 aliphatic heterocycles. The summed E-state index contributed by atoms with van der Waals surface area (Å²) < 4.78 is 15.5. The van der Waals surface area contributed by atoms with Crippen molar-refractivity contribution in [3.05, 3.63) is 71.8 Å². The second kappa shape index (κ2) is 10.4. The normalized spacial score (nSPS) is 11.9. The van der Waals surface area contributed by atoms with Crippen LogP contribution in [0.3, 0.4) is 0 Å². The van der Waals surface area contributed by atoms with E-state index >= 15 is 0 Å². The zero-order valence-corrected chi connectivity index (χ0v) is 17.7. The van der Waals surface area contributed by atoms with Gasteiger partial charge < -0.3 is 14.2 Å². The van der Waals surface area contributed by atoms with Gasteiger partial charge in [-0.25, -0.2) is 14.4 Å². The summed E-state index contributed by atoms with van der Waals surface area (Å²) in [7, 11) is 1.20. The molecule has 30 heavy (non-hydrogen) atoms. The van der Waals surface area contributed by atoms with E-state index in [0.29, 0.717) is 4.90 Å². The highest BCUT2D eigenvalue weighted by atomic mass is 16.6. The number of amides is 2. The summed E-state index contributed by atoms with van der Waals surface area (Å²) in [5, 5.41) is 0. The minimum atomic E-state index is -1.24. The molecular weight excluding hydrogens is 386 g/mol. The maximum atomic E-state index is 12.9. The van der Waals surface area contributed by atoms with Gasteiger partial charge in [-0.3, -0.25) is 0 Å². The van der Waals surface area contributed by atoms with Crippen molar-refractivity contribution in [3.63, 3.8) is 0 Å². The summed E-state index contributed by atoms with van der Waals surface area (Å²) in [5.41, 5.74) is 0.618. The standard InChI is InChI=1S/C23H27NO6/c1-23(2,3)30-22(27)24(21(26)29-16-18-13-9-6-10-14-18)19(20(25)28-4)15-17-11-7-5-8-12-17/h5-14,19H,15-16H2,1-4H3/t19-/m0/s1. The van der Waals surface area contributed by atoms with Crippen molar-refractivity contribution in [2.75, 3.05) is 7.11 Å². The lowest BCUT2D eigenvalue weighted by Gasteiger charge is -2.30. The van der Waals surface area contributed by atoms with E-state index < -0.39 is 29.8 Å². The molecule has 0 heterocycles. The molecular formula is C23H27NO6. The molecule has 0 fully saturated rings. The van der Waals surface area contributed by atoms with Crippen molar-refractivity contribution in [1.29, 1.82) is 0 Å². The third-order valence-corrected chi connectivity index (χ3v) is 4.05. The molecule has 0 radical (unpaired) electrons. The molecule has 0 aliphatic carbocycles. The van der Waals surface area contributed by atoms with Crippen LogP contribution >= 0.6 is 0 Å². The van der Waals surface area contributed by atoms with Gasteiger partial charge in [0.2, 0.25) is 0 Å². The lowest BCUT2D eigenvalue weighted by Crippen LogP contribution is -2.52. The van der Waals surface area contributed by atoms with E-state index in [1.165, 1.54) is 7.11 Å². The maximum Gasteiger partial charge on any atom is 0.420 e. The lowest BCUT2D eigenvalue weighted by molar-refractivity contribution is -0.146. The maximum absolute atomic E-state index is 12.9. The highest BCUT2D eigenvalue weighted by Crippen LogP contribution is 2.18. The van der Waals surface area contributed by atoms with Crippen LogP contribution < -0.4 is 0 Å². The zero-order chi connectivity index (χ0) is 22.1. The molecule has 0 N–H and O–H groups in total. The largest absolute Gasteiger partial charge is 0.467 e. The van der Waals surface area contributed by atoms with Crippen molar-refractivity contribution in [2.24, 2.45) is 0 Å². The molecule has 0 spiro atoms. The number of imide groups is 1. The molecule has 0 bridgehead atoms. The quantitative estimate of drug-likeness (QED) is 0.517. The minimum absolute atomic E-state index is 0.0573. The summed E-state index contributed by atoms with van der Waals surface area (Å²) in [5.74, 6) is -0.749. The summed E-state index contributed by atoms with van der Waals surface area (Å²) in [4.78, 5) is 39.0. The van der Waals surface area contributed by atoms with Crippen LogP contribution in [-0.2, 0) is 32.0 Å². The van der Waals surface area contributed by atoms with Gasteiger partial charge in [-0.05, 0) is 31.9 Å². The lowest BCUT2D eigenvalue weighted by atomic mass is 10.1. The minimum Gasteiger partial charge on any atom is -0.467 e. The number of rotatable bonds is 6. The highest BCUT2D eigenvalue weighted by Gasteiger charge is 2.39. The Morgan fingerprint density at radius 3 is 1.90 bits per heavy atom. The van der Waals surface area contributed by atoms with Crippen molar-refractivity contribution in [1.82, 2.24) is 4.90 Å². The Morgan fingerprint density at radius 2 is 1.40 bits per heavy atom. The Bertz CT molecular complexity index is 845. The summed E-state index contributed by atoms with van der Waals surface area (Å²) in [6.07, 6.45) is -1.90. The molecule has 0 aromatic heterocycles. The molecule has 2 aromatic carbocycles. The highest BCUT2D eigenvalue weighted by molar-refractivity contribution is 5.94. The van der Waals surface area contributed by atoms with E-state index in [1.54, 1.807) is 57.2 Å². The number of hydrogen-bond donors (Lipinski definition) is 0.